The molecule has 1 rings (SSSR count). The molecule has 0 saturated carbocycles. The summed E-state index contributed by atoms with van der Waals surface area (Å²) in [5, 5.41) is 12.9. The Bertz CT molecular complexity index is 414. The molecule has 4 nitrogen and oxygen atoms in total. The van der Waals surface area contributed by atoms with Crippen LogP contribution in [-0.2, 0) is 0 Å². The monoisotopic (exact) mass is 265 g/mol. The Morgan fingerprint density at radius 3 is 2.47 bits per heavy atom. The Morgan fingerprint density at radius 2 is 1.89 bits per heavy atom. The van der Waals surface area contributed by atoms with Crippen LogP contribution in [0.3, 0.4) is 0 Å². The van der Waals surface area contributed by atoms with E-state index >= 15 is 0 Å². The van der Waals surface area contributed by atoms with Gasteiger partial charge in [0.25, 0.3) is 5.91 Å². The lowest BCUT2D eigenvalue weighted by Gasteiger charge is -2.25. The smallest absolute Gasteiger partial charge is 0.255 e. The summed E-state index contributed by atoms with van der Waals surface area (Å²) in [5.41, 5.74) is -0.338. The molecule has 0 aliphatic rings. The van der Waals surface area contributed by atoms with Gasteiger partial charge in [0.05, 0.1) is 17.8 Å². The zero-order chi connectivity index (χ0) is 14.3. The number of nitrogens with one attached hydrogen (secondary N) is 1. The van der Waals surface area contributed by atoms with E-state index in [9.17, 15) is 9.90 Å². The van der Waals surface area contributed by atoms with Gasteiger partial charge in [-0.15, -0.1) is 0 Å². The predicted octanol–water partition coefficient (Wildman–Crippen LogP) is 2.37. The highest BCUT2D eigenvalue weighted by molar-refractivity contribution is 5.96. The van der Waals surface area contributed by atoms with Crippen molar-refractivity contribution in [3.8, 4) is 5.75 Å². The molecule has 1 aromatic carbocycles. The van der Waals surface area contributed by atoms with Crippen LogP contribution in [0.5, 0.6) is 5.75 Å². The molecule has 4 heteroatoms. The van der Waals surface area contributed by atoms with E-state index < -0.39 is 5.60 Å². The van der Waals surface area contributed by atoms with Crippen LogP contribution >= 0.6 is 0 Å². The van der Waals surface area contributed by atoms with E-state index in [1.54, 1.807) is 18.2 Å². The van der Waals surface area contributed by atoms with E-state index in [-0.39, 0.29) is 12.5 Å². The highest BCUT2D eigenvalue weighted by atomic mass is 16.5. The maximum Gasteiger partial charge on any atom is 0.255 e. The lowest BCUT2D eigenvalue weighted by molar-refractivity contribution is 0.0313. The number of carbonyl (C=O) groups is 1. The summed E-state index contributed by atoms with van der Waals surface area (Å²) in [6.45, 7) is 6.45. The maximum atomic E-state index is 12.1. The zero-order valence-corrected chi connectivity index (χ0v) is 11.9. The molecule has 0 fully saturated rings. The molecular formula is C15H23NO3. The van der Waals surface area contributed by atoms with Crippen molar-refractivity contribution in [1.82, 2.24) is 5.32 Å². The fourth-order valence-corrected chi connectivity index (χ4v) is 1.78. The van der Waals surface area contributed by atoms with Crippen LogP contribution < -0.4 is 10.1 Å². The quantitative estimate of drug-likeness (QED) is 0.795. The second-order valence-corrected chi connectivity index (χ2v) is 4.54. The van der Waals surface area contributed by atoms with Gasteiger partial charge < -0.3 is 15.2 Å². The zero-order valence-electron chi connectivity index (χ0n) is 11.9. The summed E-state index contributed by atoms with van der Waals surface area (Å²) in [4.78, 5) is 12.1. The summed E-state index contributed by atoms with van der Waals surface area (Å²) in [5.74, 6) is 0.350. The second-order valence-electron chi connectivity index (χ2n) is 4.54. The minimum absolute atomic E-state index is 0.218. The number of carbonyl (C=O) groups excluding carboxylic acids is 1. The minimum Gasteiger partial charge on any atom is -0.493 e. The third-order valence-corrected chi connectivity index (χ3v) is 3.33. The lowest BCUT2D eigenvalue weighted by atomic mass is 9.97. The molecule has 0 radical (unpaired) electrons. The average molecular weight is 265 g/mol. The predicted molar refractivity (Wildman–Crippen MR) is 75.5 cm³/mol. The van der Waals surface area contributed by atoms with Crippen molar-refractivity contribution in [2.75, 3.05) is 13.2 Å². The number of ether oxygens (including phenoxy) is 1. The van der Waals surface area contributed by atoms with E-state index in [4.69, 9.17) is 4.74 Å². The van der Waals surface area contributed by atoms with Crippen LogP contribution in [0.15, 0.2) is 24.3 Å². The molecule has 0 bridgehead atoms. The molecular weight excluding hydrogens is 242 g/mol. The van der Waals surface area contributed by atoms with Gasteiger partial charge in [-0.2, -0.15) is 0 Å². The van der Waals surface area contributed by atoms with Crippen LogP contribution in [0.1, 0.15) is 44.0 Å². The molecule has 0 heterocycles. The molecule has 1 amide bonds. The summed E-state index contributed by atoms with van der Waals surface area (Å²) >= 11 is 0. The summed E-state index contributed by atoms with van der Waals surface area (Å²) in [6, 6.07) is 7.11. The Morgan fingerprint density at radius 1 is 1.26 bits per heavy atom. The topological polar surface area (TPSA) is 58.6 Å². The van der Waals surface area contributed by atoms with Crippen molar-refractivity contribution in [3.05, 3.63) is 29.8 Å². The van der Waals surface area contributed by atoms with Gasteiger partial charge in [0.1, 0.15) is 5.75 Å². The van der Waals surface area contributed by atoms with Gasteiger partial charge in [-0.1, -0.05) is 26.0 Å². The molecule has 106 valence electrons. The van der Waals surface area contributed by atoms with Gasteiger partial charge >= 0.3 is 0 Å². The van der Waals surface area contributed by atoms with Crippen molar-refractivity contribution >= 4 is 5.91 Å². The van der Waals surface area contributed by atoms with Gasteiger partial charge in [-0.05, 0) is 31.9 Å². The standard InChI is InChI=1S/C15H23NO3/c1-4-15(18,5-2)11-16-14(17)12-9-7-8-10-13(12)19-6-3/h7-10,18H,4-6,11H2,1-3H3,(H,16,17). The third kappa shape index (κ3) is 4.24. The second kappa shape index (κ2) is 7.14. The van der Waals surface area contributed by atoms with Gasteiger partial charge in [-0.3, -0.25) is 4.79 Å². The van der Waals surface area contributed by atoms with E-state index in [0.717, 1.165) is 0 Å². The Hall–Kier alpha value is -1.55. The normalized spacial score (nSPS) is 11.2. The molecule has 0 saturated heterocycles. The fraction of sp³-hybridized carbons (Fsp3) is 0.533. The largest absolute Gasteiger partial charge is 0.493 e. The minimum atomic E-state index is -0.837. The molecule has 2 N–H and O–H groups in total. The molecule has 0 aliphatic carbocycles. The third-order valence-electron chi connectivity index (χ3n) is 3.33. The lowest BCUT2D eigenvalue weighted by Crippen LogP contribution is -2.42. The van der Waals surface area contributed by atoms with E-state index in [1.807, 2.05) is 26.8 Å². The van der Waals surface area contributed by atoms with E-state index in [1.165, 1.54) is 0 Å². The maximum absolute atomic E-state index is 12.1. The Balaban J connectivity index is 2.73. The van der Waals surface area contributed by atoms with Gasteiger partial charge in [0.2, 0.25) is 0 Å². The van der Waals surface area contributed by atoms with E-state index in [2.05, 4.69) is 5.32 Å². The SMILES string of the molecule is CCOc1ccccc1C(=O)NCC(O)(CC)CC. The van der Waals surface area contributed by atoms with Gasteiger partial charge in [0.15, 0.2) is 0 Å². The number of benzene rings is 1. The molecule has 1 aromatic rings. The first-order valence-corrected chi connectivity index (χ1v) is 6.78. The summed E-state index contributed by atoms with van der Waals surface area (Å²) in [6.07, 6.45) is 1.22. The first-order valence-electron chi connectivity index (χ1n) is 6.78. The van der Waals surface area contributed by atoms with Crippen molar-refractivity contribution in [2.45, 2.75) is 39.2 Å². The molecule has 19 heavy (non-hydrogen) atoms. The molecule has 0 aromatic heterocycles. The van der Waals surface area contributed by atoms with Crippen LogP contribution in [0.25, 0.3) is 0 Å². The number of hydrogen-bond donors (Lipinski definition) is 2. The molecule has 0 atom stereocenters. The Labute approximate surface area is 114 Å². The van der Waals surface area contributed by atoms with Crippen LogP contribution in [-0.4, -0.2) is 29.8 Å². The summed E-state index contributed by atoms with van der Waals surface area (Å²) < 4.78 is 5.42. The summed E-state index contributed by atoms with van der Waals surface area (Å²) in [7, 11) is 0. The van der Waals surface area contributed by atoms with Gasteiger partial charge in [0, 0.05) is 6.54 Å². The first kappa shape index (κ1) is 15.5. The number of aliphatic hydroxyl groups is 1. The molecule has 0 spiro atoms. The average Bonchev–Trinajstić information content (AvgIpc) is 2.45. The van der Waals surface area contributed by atoms with Crippen LogP contribution in [0.4, 0.5) is 0 Å². The number of para-hydroxylation sites is 1. The van der Waals surface area contributed by atoms with E-state index in [0.29, 0.717) is 30.8 Å². The fourth-order valence-electron chi connectivity index (χ4n) is 1.78. The molecule has 0 aliphatic heterocycles. The first-order chi connectivity index (χ1) is 9.06. The highest BCUT2D eigenvalue weighted by Crippen LogP contribution is 2.18. The number of amides is 1. The Kier molecular flexibility index (Phi) is 5.83. The van der Waals surface area contributed by atoms with Crippen LogP contribution in [0.2, 0.25) is 0 Å². The molecule has 0 unspecified atom stereocenters. The van der Waals surface area contributed by atoms with Crippen molar-refractivity contribution in [2.24, 2.45) is 0 Å². The number of rotatable bonds is 7. The van der Waals surface area contributed by atoms with Crippen molar-refractivity contribution < 1.29 is 14.6 Å². The van der Waals surface area contributed by atoms with Crippen molar-refractivity contribution in [3.63, 3.8) is 0 Å². The van der Waals surface area contributed by atoms with Gasteiger partial charge in [-0.25, -0.2) is 0 Å². The van der Waals surface area contributed by atoms with Crippen molar-refractivity contribution in [1.29, 1.82) is 0 Å². The highest BCUT2D eigenvalue weighted by Gasteiger charge is 2.23. The number of hydrogen-bond acceptors (Lipinski definition) is 3. The van der Waals surface area contributed by atoms with Crippen LogP contribution in [0, 0.1) is 0 Å².